The quantitative estimate of drug-likeness (QED) is 0.725. The molecule has 1 heterocycles. The second-order valence-corrected chi connectivity index (χ2v) is 5.66. The molecule has 0 radical (unpaired) electrons. The van der Waals surface area contributed by atoms with Gasteiger partial charge in [0.25, 0.3) is 0 Å². The van der Waals surface area contributed by atoms with Crippen molar-refractivity contribution in [3.63, 3.8) is 0 Å². The molecule has 2 atom stereocenters. The van der Waals surface area contributed by atoms with Gasteiger partial charge in [0, 0.05) is 6.04 Å². The van der Waals surface area contributed by atoms with Gasteiger partial charge in [-0.05, 0) is 50.7 Å². The third-order valence-corrected chi connectivity index (χ3v) is 3.36. The Hall–Kier alpha value is -0.0800. The highest BCUT2D eigenvalue weighted by molar-refractivity contribution is 4.83. The standard InChI is InChI=1S/C12H26N2/c1-12(2,3)11(13-4)8-10-6-5-7-14-9-10/h10-11,13-14H,5-9H2,1-4H3. The summed E-state index contributed by atoms with van der Waals surface area (Å²) >= 11 is 0. The van der Waals surface area contributed by atoms with E-state index in [-0.39, 0.29) is 0 Å². The molecule has 1 fully saturated rings. The van der Waals surface area contributed by atoms with E-state index in [0.29, 0.717) is 11.5 Å². The van der Waals surface area contributed by atoms with Gasteiger partial charge in [-0.3, -0.25) is 0 Å². The van der Waals surface area contributed by atoms with E-state index in [2.05, 4.69) is 38.5 Å². The number of nitrogens with one attached hydrogen (secondary N) is 2. The minimum absolute atomic E-state index is 0.381. The Morgan fingerprint density at radius 1 is 1.43 bits per heavy atom. The van der Waals surface area contributed by atoms with Gasteiger partial charge < -0.3 is 10.6 Å². The van der Waals surface area contributed by atoms with Gasteiger partial charge in [-0.1, -0.05) is 20.8 Å². The third kappa shape index (κ3) is 3.58. The van der Waals surface area contributed by atoms with Crippen molar-refractivity contribution in [1.29, 1.82) is 0 Å². The van der Waals surface area contributed by atoms with Crippen LogP contribution in [0.25, 0.3) is 0 Å². The van der Waals surface area contributed by atoms with Gasteiger partial charge in [-0.25, -0.2) is 0 Å². The first-order valence-electron chi connectivity index (χ1n) is 5.92. The summed E-state index contributed by atoms with van der Waals surface area (Å²) in [4.78, 5) is 0. The Morgan fingerprint density at radius 3 is 2.57 bits per heavy atom. The van der Waals surface area contributed by atoms with Crippen molar-refractivity contribution in [1.82, 2.24) is 10.6 Å². The van der Waals surface area contributed by atoms with Crippen molar-refractivity contribution in [3.8, 4) is 0 Å². The van der Waals surface area contributed by atoms with Crippen molar-refractivity contribution in [3.05, 3.63) is 0 Å². The van der Waals surface area contributed by atoms with Crippen LogP contribution in [0.4, 0.5) is 0 Å². The Kier molecular flexibility index (Phi) is 4.39. The second-order valence-electron chi connectivity index (χ2n) is 5.66. The molecular formula is C12H26N2. The Labute approximate surface area is 88.8 Å². The molecule has 1 saturated heterocycles. The number of rotatable bonds is 3. The minimum atomic E-state index is 0.381. The van der Waals surface area contributed by atoms with Gasteiger partial charge in [-0.15, -0.1) is 0 Å². The fourth-order valence-corrected chi connectivity index (χ4v) is 2.36. The molecule has 0 aliphatic carbocycles. The normalized spacial score (nSPS) is 26.1. The zero-order valence-electron chi connectivity index (χ0n) is 10.2. The molecule has 0 aromatic carbocycles. The van der Waals surface area contributed by atoms with Gasteiger partial charge in [0.2, 0.25) is 0 Å². The van der Waals surface area contributed by atoms with Crippen LogP contribution >= 0.6 is 0 Å². The van der Waals surface area contributed by atoms with E-state index in [9.17, 15) is 0 Å². The predicted octanol–water partition coefficient (Wildman–Crippen LogP) is 2.01. The van der Waals surface area contributed by atoms with E-state index in [0.717, 1.165) is 5.92 Å². The summed E-state index contributed by atoms with van der Waals surface area (Å²) in [6, 6.07) is 0.646. The molecule has 14 heavy (non-hydrogen) atoms. The first-order valence-corrected chi connectivity index (χ1v) is 5.92. The molecule has 1 aliphatic heterocycles. The molecule has 2 nitrogen and oxygen atoms in total. The molecule has 0 amide bonds. The van der Waals surface area contributed by atoms with Crippen LogP contribution in [0.15, 0.2) is 0 Å². The molecule has 0 aromatic rings. The lowest BCUT2D eigenvalue weighted by Crippen LogP contribution is -2.42. The molecule has 2 heteroatoms. The van der Waals surface area contributed by atoms with Crippen molar-refractivity contribution >= 4 is 0 Å². The first kappa shape index (κ1) is 12.0. The SMILES string of the molecule is CNC(CC1CCCNC1)C(C)(C)C. The van der Waals surface area contributed by atoms with Crippen LogP contribution in [0.3, 0.4) is 0 Å². The van der Waals surface area contributed by atoms with Gasteiger partial charge in [0.1, 0.15) is 0 Å². The van der Waals surface area contributed by atoms with Gasteiger partial charge >= 0.3 is 0 Å². The van der Waals surface area contributed by atoms with E-state index >= 15 is 0 Å². The number of hydrogen-bond acceptors (Lipinski definition) is 2. The Balaban J connectivity index is 2.39. The highest BCUT2D eigenvalue weighted by Gasteiger charge is 2.26. The van der Waals surface area contributed by atoms with Crippen LogP contribution < -0.4 is 10.6 Å². The van der Waals surface area contributed by atoms with Crippen molar-refractivity contribution < 1.29 is 0 Å². The summed E-state index contributed by atoms with van der Waals surface area (Å²) in [5.41, 5.74) is 0.381. The molecular weight excluding hydrogens is 172 g/mol. The minimum Gasteiger partial charge on any atom is -0.316 e. The zero-order chi connectivity index (χ0) is 10.6. The number of hydrogen-bond donors (Lipinski definition) is 2. The average molecular weight is 198 g/mol. The van der Waals surface area contributed by atoms with Gasteiger partial charge in [0.15, 0.2) is 0 Å². The smallest absolute Gasteiger partial charge is 0.0116 e. The molecule has 0 aromatic heterocycles. The average Bonchev–Trinajstić information content (AvgIpc) is 2.14. The molecule has 84 valence electrons. The van der Waals surface area contributed by atoms with Crippen molar-refractivity contribution in [2.45, 2.75) is 46.1 Å². The highest BCUT2D eigenvalue weighted by Crippen LogP contribution is 2.26. The fraction of sp³-hybridized carbons (Fsp3) is 1.00. The fourth-order valence-electron chi connectivity index (χ4n) is 2.36. The van der Waals surface area contributed by atoms with Crippen LogP contribution in [-0.4, -0.2) is 26.2 Å². The predicted molar refractivity (Wildman–Crippen MR) is 62.5 cm³/mol. The lowest BCUT2D eigenvalue weighted by molar-refractivity contribution is 0.217. The summed E-state index contributed by atoms with van der Waals surface area (Å²) in [6.45, 7) is 9.41. The molecule has 0 bridgehead atoms. The largest absolute Gasteiger partial charge is 0.316 e. The third-order valence-electron chi connectivity index (χ3n) is 3.36. The molecule has 0 spiro atoms. The van der Waals surface area contributed by atoms with Crippen LogP contribution in [-0.2, 0) is 0 Å². The van der Waals surface area contributed by atoms with Crippen LogP contribution in [0, 0.1) is 11.3 Å². The molecule has 1 rings (SSSR count). The first-order chi connectivity index (χ1) is 6.54. The molecule has 2 unspecified atom stereocenters. The highest BCUT2D eigenvalue weighted by atomic mass is 14.9. The zero-order valence-corrected chi connectivity index (χ0v) is 10.2. The lowest BCUT2D eigenvalue weighted by Gasteiger charge is -2.34. The van der Waals surface area contributed by atoms with Crippen LogP contribution in [0.1, 0.15) is 40.0 Å². The summed E-state index contributed by atoms with van der Waals surface area (Å²) in [5, 5.41) is 6.95. The van der Waals surface area contributed by atoms with E-state index in [1.807, 2.05) is 0 Å². The van der Waals surface area contributed by atoms with Crippen LogP contribution in [0.2, 0.25) is 0 Å². The summed E-state index contributed by atoms with van der Waals surface area (Å²) in [5.74, 6) is 0.875. The van der Waals surface area contributed by atoms with E-state index < -0.39 is 0 Å². The maximum absolute atomic E-state index is 3.49. The van der Waals surface area contributed by atoms with Gasteiger partial charge in [-0.2, -0.15) is 0 Å². The lowest BCUT2D eigenvalue weighted by atomic mass is 9.80. The number of piperidine rings is 1. The Bertz CT molecular complexity index is 154. The van der Waals surface area contributed by atoms with Crippen molar-refractivity contribution in [2.24, 2.45) is 11.3 Å². The monoisotopic (exact) mass is 198 g/mol. The maximum atomic E-state index is 3.49. The Morgan fingerprint density at radius 2 is 2.14 bits per heavy atom. The molecule has 0 saturated carbocycles. The van der Waals surface area contributed by atoms with Crippen LogP contribution in [0.5, 0.6) is 0 Å². The maximum Gasteiger partial charge on any atom is 0.0116 e. The van der Waals surface area contributed by atoms with E-state index in [4.69, 9.17) is 0 Å². The summed E-state index contributed by atoms with van der Waals surface area (Å²) in [7, 11) is 2.09. The van der Waals surface area contributed by atoms with E-state index in [1.165, 1.54) is 32.4 Å². The summed E-state index contributed by atoms with van der Waals surface area (Å²) in [6.07, 6.45) is 4.07. The topological polar surface area (TPSA) is 24.1 Å². The summed E-state index contributed by atoms with van der Waals surface area (Å²) < 4.78 is 0. The van der Waals surface area contributed by atoms with Crippen molar-refractivity contribution in [2.75, 3.05) is 20.1 Å². The second kappa shape index (κ2) is 5.13. The molecule has 1 aliphatic rings. The molecule has 2 N–H and O–H groups in total. The van der Waals surface area contributed by atoms with Gasteiger partial charge in [0.05, 0.1) is 0 Å². The van der Waals surface area contributed by atoms with E-state index in [1.54, 1.807) is 0 Å².